The largest absolute Gasteiger partial charge is 0.383 e. The highest BCUT2D eigenvalue weighted by molar-refractivity contribution is 6.02. The minimum Gasteiger partial charge on any atom is -0.383 e. The predicted octanol–water partition coefficient (Wildman–Crippen LogP) is 3.83. The molecule has 1 heterocycles. The number of anilines is 3. The van der Waals surface area contributed by atoms with Crippen molar-refractivity contribution in [2.75, 3.05) is 22.5 Å². The third-order valence-corrected chi connectivity index (χ3v) is 3.43. The Morgan fingerprint density at radius 1 is 1.10 bits per heavy atom. The molecule has 108 valence electrons. The molecule has 4 nitrogen and oxygen atoms in total. The van der Waals surface area contributed by atoms with Gasteiger partial charge in [-0.25, -0.2) is 9.18 Å². The minimum absolute atomic E-state index is 0.331. The summed E-state index contributed by atoms with van der Waals surface area (Å²) in [5.41, 5.74) is 3.50. The molecule has 0 radical (unpaired) electrons. The van der Waals surface area contributed by atoms with Crippen LogP contribution in [0.4, 0.5) is 26.2 Å². The summed E-state index contributed by atoms with van der Waals surface area (Å²) in [6.07, 6.45) is 2.11. The number of carbonyl (C=O) groups is 1. The molecule has 2 aromatic rings. The summed E-state index contributed by atoms with van der Waals surface area (Å²) < 4.78 is 12.8. The Hall–Kier alpha value is -2.56. The number of halogens is 1. The molecule has 3 rings (SSSR count). The first-order valence-corrected chi connectivity index (χ1v) is 6.92. The Labute approximate surface area is 122 Å². The first kappa shape index (κ1) is 13.4. The lowest BCUT2D eigenvalue weighted by atomic mass is 10.0. The molecule has 0 bridgehead atoms. The number of para-hydroxylation sites is 1. The maximum atomic E-state index is 12.8. The summed E-state index contributed by atoms with van der Waals surface area (Å²) in [5, 5.41) is 8.82. The second kappa shape index (κ2) is 5.83. The van der Waals surface area contributed by atoms with Crippen molar-refractivity contribution in [3.8, 4) is 0 Å². The quantitative estimate of drug-likeness (QED) is 0.785. The minimum atomic E-state index is -0.345. The van der Waals surface area contributed by atoms with Crippen LogP contribution in [0, 0.1) is 5.82 Å². The zero-order chi connectivity index (χ0) is 14.7. The van der Waals surface area contributed by atoms with E-state index in [1.807, 2.05) is 12.1 Å². The summed E-state index contributed by atoms with van der Waals surface area (Å²) in [6.45, 7) is 0.908. The van der Waals surface area contributed by atoms with Crippen LogP contribution in [-0.2, 0) is 6.42 Å². The first-order valence-electron chi connectivity index (χ1n) is 6.92. The van der Waals surface area contributed by atoms with Gasteiger partial charge in [-0.15, -0.1) is 0 Å². The second-order valence-electron chi connectivity index (χ2n) is 4.96. The van der Waals surface area contributed by atoms with E-state index in [1.54, 1.807) is 0 Å². The molecule has 2 amide bonds. The average molecular weight is 285 g/mol. The summed E-state index contributed by atoms with van der Waals surface area (Å²) in [5.74, 6) is -0.331. The number of benzene rings is 2. The number of nitrogens with one attached hydrogen (secondary N) is 3. The Balaban J connectivity index is 1.71. The fourth-order valence-corrected chi connectivity index (χ4v) is 2.43. The van der Waals surface area contributed by atoms with E-state index in [2.05, 4.69) is 22.0 Å². The van der Waals surface area contributed by atoms with Crippen LogP contribution in [0.5, 0.6) is 0 Å². The summed E-state index contributed by atoms with van der Waals surface area (Å²) in [6, 6.07) is 11.2. The predicted molar refractivity (Wildman–Crippen MR) is 82.3 cm³/mol. The van der Waals surface area contributed by atoms with Crippen LogP contribution in [0.15, 0.2) is 42.5 Å². The van der Waals surface area contributed by atoms with Gasteiger partial charge in [-0.3, -0.25) is 0 Å². The molecule has 3 N–H and O–H groups in total. The van der Waals surface area contributed by atoms with Crippen LogP contribution in [0.3, 0.4) is 0 Å². The SMILES string of the molecule is O=C(Nc1ccc(F)cc1)Nc1cccc2c1NCCC2. The van der Waals surface area contributed by atoms with E-state index in [0.717, 1.165) is 30.8 Å². The van der Waals surface area contributed by atoms with Crippen LogP contribution in [0.2, 0.25) is 0 Å². The van der Waals surface area contributed by atoms with E-state index in [4.69, 9.17) is 0 Å². The van der Waals surface area contributed by atoms with Crippen molar-refractivity contribution >= 4 is 23.1 Å². The van der Waals surface area contributed by atoms with Crippen molar-refractivity contribution in [2.24, 2.45) is 0 Å². The van der Waals surface area contributed by atoms with E-state index < -0.39 is 0 Å². The van der Waals surface area contributed by atoms with Gasteiger partial charge in [0.1, 0.15) is 5.82 Å². The van der Waals surface area contributed by atoms with E-state index in [9.17, 15) is 9.18 Å². The van der Waals surface area contributed by atoms with Gasteiger partial charge in [0.25, 0.3) is 0 Å². The number of aryl methyl sites for hydroxylation is 1. The Morgan fingerprint density at radius 3 is 2.71 bits per heavy atom. The van der Waals surface area contributed by atoms with Crippen molar-refractivity contribution in [2.45, 2.75) is 12.8 Å². The van der Waals surface area contributed by atoms with Crippen LogP contribution in [0.1, 0.15) is 12.0 Å². The number of carbonyl (C=O) groups excluding carboxylic acids is 1. The molecule has 5 heteroatoms. The summed E-state index contributed by atoms with van der Waals surface area (Å²) in [7, 11) is 0. The molecule has 0 saturated carbocycles. The molecule has 0 spiro atoms. The van der Waals surface area contributed by atoms with E-state index in [0.29, 0.717) is 5.69 Å². The van der Waals surface area contributed by atoms with Crippen molar-refractivity contribution < 1.29 is 9.18 Å². The molecular weight excluding hydrogens is 269 g/mol. The molecule has 0 atom stereocenters. The molecule has 0 aliphatic carbocycles. The molecule has 1 aliphatic heterocycles. The second-order valence-corrected chi connectivity index (χ2v) is 4.96. The number of fused-ring (bicyclic) bond motifs is 1. The molecule has 21 heavy (non-hydrogen) atoms. The van der Waals surface area contributed by atoms with Gasteiger partial charge < -0.3 is 16.0 Å². The van der Waals surface area contributed by atoms with Gasteiger partial charge in [0.15, 0.2) is 0 Å². The Morgan fingerprint density at radius 2 is 1.90 bits per heavy atom. The molecule has 0 saturated heterocycles. The number of hydrogen-bond acceptors (Lipinski definition) is 2. The van der Waals surface area contributed by atoms with Crippen LogP contribution >= 0.6 is 0 Å². The number of hydrogen-bond donors (Lipinski definition) is 3. The van der Waals surface area contributed by atoms with Crippen LogP contribution < -0.4 is 16.0 Å². The smallest absolute Gasteiger partial charge is 0.323 e. The maximum absolute atomic E-state index is 12.8. The van der Waals surface area contributed by atoms with Crippen molar-refractivity contribution in [3.63, 3.8) is 0 Å². The summed E-state index contributed by atoms with van der Waals surface area (Å²) in [4.78, 5) is 12.0. The third kappa shape index (κ3) is 3.13. The molecule has 0 fully saturated rings. The van der Waals surface area contributed by atoms with E-state index >= 15 is 0 Å². The number of amides is 2. The monoisotopic (exact) mass is 285 g/mol. The van der Waals surface area contributed by atoms with Crippen LogP contribution in [0.25, 0.3) is 0 Å². The third-order valence-electron chi connectivity index (χ3n) is 3.43. The highest BCUT2D eigenvalue weighted by Gasteiger charge is 2.13. The van der Waals surface area contributed by atoms with Gasteiger partial charge in [0.05, 0.1) is 11.4 Å². The van der Waals surface area contributed by atoms with E-state index in [-0.39, 0.29) is 11.8 Å². The molecule has 0 aromatic heterocycles. The summed E-state index contributed by atoms with van der Waals surface area (Å²) >= 11 is 0. The number of urea groups is 1. The Kier molecular flexibility index (Phi) is 3.73. The lowest BCUT2D eigenvalue weighted by Gasteiger charge is -2.21. The molecular formula is C16H16FN3O. The fraction of sp³-hybridized carbons (Fsp3) is 0.188. The van der Waals surface area contributed by atoms with Crippen molar-refractivity contribution in [1.29, 1.82) is 0 Å². The standard InChI is InChI=1S/C16H16FN3O/c17-12-6-8-13(9-7-12)19-16(21)20-14-5-1-3-11-4-2-10-18-15(11)14/h1,3,5-9,18H,2,4,10H2,(H2,19,20,21). The maximum Gasteiger partial charge on any atom is 0.323 e. The Bertz CT molecular complexity index is 655. The van der Waals surface area contributed by atoms with Gasteiger partial charge >= 0.3 is 6.03 Å². The molecule has 1 aliphatic rings. The van der Waals surface area contributed by atoms with Gasteiger partial charge in [-0.05, 0) is 48.7 Å². The lowest BCUT2D eigenvalue weighted by molar-refractivity contribution is 0.262. The van der Waals surface area contributed by atoms with Gasteiger partial charge in [0.2, 0.25) is 0 Å². The lowest BCUT2D eigenvalue weighted by Crippen LogP contribution is -2.21. The zero-order valence-corrected chi connectivity index (χ0v) is 11.4. The molecule has 0 unspecified atom stereocenters. The number of rotatable bonds is 2. The fourth-order valence-electron chi connectivity index (χ4n) is 2.43. The topological polar surface area (TPSA) is 53.2 Å². The van der Waals surface area contributed by atoms with Crippen LogP contribution in [-0.4, -0.2) is 12.6 Å². The van der Waals surface area contributed by atoms with E-state index in [1.165, 1.54) is 29.8 Å². The zero-order valence-electron chi connectivity index (χ0n) is 11.4. The highest BCUT2D eigenvalue weighted by atomic mass is 19.1. The highest BCUT2D eigenvalue weighted by Crippen LogP contribution is 2.30. The van der Waals surface area contributed by atoms with Gasteiger partial charge in [-0.1, -0.05) is 12.1 Å². The molecule has 2 aromatic carbocycles. The first-order chi connectivity index (χ1) is 10.2. The average Bonchev–Trinajstić information content (AvgIpc) is 2.50. The normalized spacial score (nSPS) is 13.0. The van der Waals surface area contributed by atoms with Gasteiger partial charge in [-0.2, -0.15) is 0 Å². The van der Waals surface area contributed by atoms with Crippen molar-refractivity contribution in [3.05, 3.63) is 53.8 Å². The van der Waals surface area contributed by atoms with Crippen molar-refractivity contribution in [1.82, 2.24) is 0 Å². The van der Waals surface area contributed by atoms with Gasteiger partial charge in [0, 0.05) is 12.2 Å².